The summed E-state index contributed by atoms with van der Waals surface area (Å²) in [4.78, 5) is 12.5. The highest BCUT2D eigenvalue weighted by molar-refractivity contribution is 8.00. The fraction of sp³-hybridized carbons (Fsp3) is 0.211. The topological polar surface area (TPSA) is 59.8 Å². The van der Waals surface area contributed by atoms with Crippen LogP contribution in [0.4, 0.5) is 5.69 Å². The van der Waals surface area contributed by atoms with E-state index in [-0.39, 0.29) is 11.2 Å². The molecule has 0 spiro atoms. The Morgan fingerprint density at radius 2 is 1.76 bits per heavy atom. The van der Waals surface area contributed by atoms with Crippen LogP contribution in [0.3, 0.4) is 0 Å². The lowest BCUT2D eigenvalue weighted by Crippen LogP contribution is -2.23. The highest BCUT2D eigenvalue weighted by atomic mass is 32.2. The van der Waals surface area contributed by atoms with Gasteiger partial charge in [-0.25, -0.2) is 0 Å². The molecule has 0 aliphatic heterocycles. The lowest BCUT2D eigenvalue weighted by Gasteiger charge is -2.13. The summed E-state index contributed by atoms with van der Waals surface area (Å²) in [6.45, 7) is 3.84. The number of nitrogens with zero attached hydrogens (tertiary/aromatic N) is 3. The van der Waals surface area contributed by atoms with Crippen LogP contribution in [0.2, 0.25) is 0 Å². The van der Waals surface area contributed by atoms with Gasteiger partial charge in [0.25, 0.3) is 0 Å². The third-order valence-electron chi connectivity index (χ3n) is 3.92. The number of nitrogens with one attached hydrogen (secondary N) is 1. The van der Waals surface area contributed by atoms with Gasteiger partial charge in [-0.05, 0) is 25.5 Å². The summed E-state index contributed by atoms with van der Waals surface area (Å²) in [5, 5.41) is 11.9. The molecule has 1 amide bonds. The van der Waals surface area contributed by atoms with E-state index >= 15 is 0 Å². The van der Waals surface area contributed by atoms with Gasteiger partial charge in [0.1, 0.15) is 0 Å². The van der Waals surface area contributed by atoms with Crippen molar-refractivity contribution in [1.29, 1.82) is 0 Å². The number of thioether (sulfide) groups is 1. The van der Waals surface area contributed by atoms with Crippen LogP contribution in [0.5, 0.6) is 0 Å². The number of hydrogen-bond acceptors (Lipinski definition) is 4. The van der Waals surface area contributed by atoms with Gasteiger partial charge in [-0.2, -0.15) is 0 Å². The van der Waals surface area contributed by atoms with E-state index in [9.17, 15) is 4.79 Å². The van der Waals surface area contributed by atoms with E-state index in [0.29, 0.717) is 5.16 Å². The van der Waals surface area contributed by atoms with Crippen molar-refractivity contribution in [3.05, 3.63) is 60.2 Å². The van der Waals surface area contributed by atoms with Crippen LogP contribution in [0.15, 0.2) is 59.8 Å². The first-order valence-electron chi connectivity index (χ1n) is 8.04. The molecule has 3 aromatic rings. The van der Waals surface area contributed by atoms with Crippen molar-refractivity contribution in [2.75, 3.05) is 5.32 Å². The number of amides is 1. The zero-order chi connectivity index (χ0) is 17.8. The van der Waals surface area contributed by atoms with Crippen molar-refractivity contribution < 1.29 is 4.79 Å². The number of carbonyl (C=O) groups excluding carboxylic acids is 1. The minimum absolute atomic E-state index is 0.0523. The van der Waals surface area contributed by atoms with Gasteiger partial charge in [-0.1, -0.05) is 60.3 Å². The lowest BCUT2D eigenvalue weighted by atomic mass is 10.2. The van der Waals surface area contributed by atoms with Crippen molar-refractivity contribution in [2.24, 2.45) is 7.05 Å². The Hall–Kier alpha value is -2.60. The molecular formula is C19H20N4OS. The molecule has 3 rings (SSSR count). The van der Waals surface area contributed by atoms with E-state index in [2.05, 4.69) is 15.5 Å². The average molecular weight is 352 g/mol. The van der Waals surface area contributed by atoms with Crippen molar-refractivity contribution >= 4 is 23.4 Å². The summed E-state index contributed by atoms with van der Waals surface area (Å²) >= 11 is 1.40. The SMILES string of the molecule is Cc1ccccc1NC(=O)[C@@H](C)Sc1nnc(-c2ccccc2)n1C. The second-order valence-electron chi connectivity index (χ2n) is 5.80. The molecule has 6 heteroatoms. The predicted octanol–water partition coefficient (Wildman–Crippen LogP) is 3.91. The Balaban J connectivity index is 1.71. The molecule has 0 aliphatic rings. The first-order chi connectivity index (χ1) is 12.1. The molecule has 25 heavy (non-hydrogen) atoms. The van der Waals surface area contributed by atoms with E-state index in [1.165, 1.54) is 11.8 Å². The average Bonchev–Trinajstić information content (AvgIpc) is 2.98. The third kappa shape index (κ3) is 3.91. The maximum Gasteiger partial charge on any atom is 0.237 e. The summed E-state index contributed by atoms with van der Waals surface area (Å²) in [6.07, 6.45) is 0. The first-order valence-corrected chi connectivity index (χ1v) is 8.92. The monoisotopic (exact) mass is 352 g/mol. The molecule has 2 aromatic carbocycles. The van der Waals surface area contributed by atoms with Crippen molar-refractivity contribution in [3.8, 4) is 11.4 Å². The molecule has 128 valence electrons. The summed E-state index contributed by atoms with van der Waals surface area (Å²) < 4.78 is 1.91. The molecular weight excluding hydrogens is 332 g/mol. The number of aryl methyl sites for hydroxylation is 1. The summed E-state index contributed by atoms with van der Waals surface area (Å²) in [5.41, 5.74) is 2.88. The largest absolute Gasteiger partial charge is 0.325 e. The van der Waals surface area contributed by atoms with E-state index in [4.69, 9.17) is 0 Å². The Kier molecular flexibility index (Phi) is 5.19. The minimum Gasteiger partial charge on any atom is -0.325 e. The molecule has 1 atom stereocenters. The van der Waals surface area contributed by atoms with Gasteiger partial charge in [-0.15, -0.1) is 10.2 Å². The Morgan fingerprint density at radius 1 is 1.08 bits per heavy atom. The van der Waals surface area contributed by atoms with Gasteiger partial charge < -0.3 is 9.88 Å². The maximum atomic E-state index is 12.5. The number of anilines is 1. The van der Waals surface area contributed by atoms with Crippen molar-refractivity contribution in [2.45, 2.75) is 24.3 Å². The molecule has 0 bridgehead atoms. The zero-order valence-corrected chi connectivity index (χ0v) is 15.2. The van der Waals surface area contributed by atoms with Gasteiger partial charge in [0.2, 0.25) is 5.91 Å². The number of rotatable bonds is 5. The van der Waals surface area contributed by atoms with Crippen molar-refractivity contribution in [1.82, 2.24) is 14.8 Å². The van der Waals surface area contributed by atoms with E-state index in [1.807, 2.05) is 80.1 Å². The Morgan fingerprint density at radius 3 is 2.48 bits per heavy atom. The predicted molar refractivity (Wildman–Crippen MR) is 102 cm³/mol. The highest BCUT2D eigenvalue weighted by Crippen LogP contribution is 2.26. The second-order valence-corrected chi connectivity index (χ2v) is 7.10. The number of aromatic nitrogens is 3. The fourth-order valence-corrected chi connectivity index (χ4v) is 3.23. The molecule has 1 N–H and O–H groups in total. The van der Waals surface area contributed by atoms with Gasteiger partial charge in [0, 0.05) is 18.3 Å². The molecule has 0 aliphatic carbocycles. The summed E-state index contributed by atoms with van der Waals surface area (Å²) in [7, 11) is 1.91. The molecule has 5 nitrogen and oxygen atoms in total. The van der Waals surface area contributed by atoms with Crippen LogP contribution in [0.1, 0.15) is 12.5 Å². The van der Waals surface area contributed by atoms with Crippen LogP contribution < -0.4 is 5.32 Å². The van der Waals surface area contributed by atoms with Crippen LogP contribution in [0.25, 0.3) is 11.4 Å². The van der Waals surface area contributed by atoms with Crippen LogP contribution in [-0.4, -0.2) is 25.9 Å². The normalized spacial score (nSPS) is 12.0. The second kappa shape index (κ2) is 7.53. The summed E-state index contributed by atoms with van der Waals surface area (Å²) in [6, 6.07) is 17.6. The minimum atomic E-state index is -0.286. The summed E-state index contributed by atoms with van der Waals surface area (Å²) in [5.74, 6) is 0.734. The lowest BCUT2D eigenvalue weighted by molar-refractivity contribution is -0.115. The van der Waals surface area contributed by atoms with Gasteiger partial charge in [0.15, 0.2) is 11.0 Å². The van der Waals surface area contributed by atoms with E-state index in [1.54, 1.807) is 0 Å². The first kappa shape index (κ1) is 17.2. The number of carbonyl (C=O) groups is 1. The van der Waals surface area contributed by atoms with Crippen LogP contribution >= 0.6 is 11.8 Å². The van der Waals surface area contributed by atoms with Gasteiger partial charge in [-0.3, -0.25) is 4.79 Å². The smallest absolute Gasteiger partial charge is 0.237 e. The third-order valence-corrected chi connectivity index (χ3v) is 5.06. The molecule has 0 unspecified atom stereocenters. The number of benzene rings is 2. The maximum absolute atomic E-state index is 12.5. The Bertz CT molecular complexity index is 876. The molecule has 1 aromatic heterocycles. The molecule has 0 radical (unpaired) electrons. The van der Waals surface area contributed by atoms with E-state index < -0.39 is 0 Å². The Labute approximate surface area is 151 Å². The fourth-order valence-electron chi connectivity index (χ4n) is 2.42. The van der Waals surface area contributed by atoms with E-state index in [0.717, 1.165) is 22.6 Å². The molecule has 0 saturated heterocycles. The quantitative estimate of drug-likeness (QED) is 0.707. The standard InChI is InChI=1S/C19H20N4OS/c1-13-9-7-8-12-16(13)20-18(24)14(2)25-19-22-21-17(23(19)3)15-10-5-4-6-11-15/h4-12,14H,1-3H3,(H,20,24)/t14-/m1/s1. The molecule has 0 fully saturated rings. The van der Waals surface area contributed by atoms with Gasteiger partial charge >= 0.3 is 0 Å². The molecule has 1 heterocycles. The van der Waals surface area contributed by atoms with Crippen LogP contribution in [-0.2, 0) is 11.8 Å². The van der Waals surface area contributed by atoms with Crippen LogP contribution in [0, 0.1) is 6.92 Å². The molecule has 0 saturated carbocycles. The zero-order valence-electron chi connectivity index (χ0n) is 14.4. The highest BCUT2D eigenvalue weighted by Gasteiger charge is 2.19. The number of hydrogen-bond donors (Lipinski definition) is 1. The van der Waals surface area contributed by atoms with Gasteiger partial charge in [0.05, 0.1) is 5.25 Å². The van der Waals surface area contributed by atoms with Crippen molar-refractivity contribution in [3.63, 3.8) is 0 Å². The number of para-hydroxylation sites is 1.